The second-order valence-electron chi connectivity index (χ2n) is 13.1. The number of halogens is 1. The average molecular weight is 569 g/mol. The molecule has 6 rings (SSSR count). The minimum absolute atomic E-state index is 0.00545. The van der Waals surface area contributed by atoms with Crippen molar-refractivity contribution in [2.24, 2.45) is 11.3 Å². The molecule has 0 radical (unpaired) electrons. The number of hydrogen-bond donors (Lipinski definition) is 3. The largest absolute Gasteiger partial charge is 0.348 e. The van der Waals surface area contributed by atoms with Crippen molar-refractivity contribution in [3.63, 3.8) is 0 Å². The highest BCUT2D eigenvalue weighted by atomic mass is 19.1. The van der Waals surface area contributed by atoms with Gasteiger partial charge in [-0.2, -0.15) is 0 Å². The van der Waals surface area contributed by atoms with Crippen LogP contribution < -0.4 is 16.0 Å². The lowest BCUT2D eigenvalue weighted by atomic mass is 9.59. The minimum Gasteiger partial charge on any atom is -0.348 e. The molecule has 1 amide bonds. The van der Waals surface area contributed by atoms with Crippen molar-refractivity contribution in [3.8, 4) is 0 Å². The lowest BCUT2D eigenvalue weighted by Crippen LogP contribution is -2.73. The van der Waals surface area contributed by atoms with Crippen LogP contribution in [0.25, 0.3) is 0 Å². The van der Waals surface area contributed by atoms with E-state index >= 15 is 4.39 Å². The standard InChI is InChI=1S/C32H49FN6O2/c1-4-28(40)39-17-16-38(20-24(39)19-34-2)30-26-12-14-32(13-11-22-8-5-6-10-25(22)29(32)33)18-27(26)35-31(36-30)41-21-23-9-7-15-37(23)3/h4-6,8,10,23-24,26-27,29-31,34-36H,1,7,9,11-21H2,2-3H3. The number of ether oxygens (including phenoxy) is 1. The summed E-state index contributed by atoms with van der Waals surface area (Å²) in [4.78, 5) is 19.5. The number of rotatable bonds is 7. The van der Waals surface area contributed by atoms with Crippen LogP contribution in [0, 0.1) is 11.3 Å². The first kappa shape index (κ1) is 29.2. The van der Waals surface area contributed by atoms with Gasteiger partial charge < -0.3 is 19.9 Å². The molecular formula is C32H49FN6O2. The summed E-state index contributed by atoms with van der Waals surface area (Å²) < 4.78 is 22.9. The maximum atomic E-state index is 16.4. The van der Waals surface area contributed by atoms with Crippen molar-refractivity contribution in [2.45, 2.75) is 81.8 Å². The molecule has 3 saturated heterocycles. The number of alkyl halides is 1. The van der Waals surface area contributed by atoms with Gasteiger partial charge in [0.15, 0.2) is 6.35 Å². The zero-order valence-electron chi connectivity index (χ0n) is 24.9. The Balaban J connectivity index is 1.22. The zero-order chi connectivity index (χ0) is 28.6. The number of likely N-dealkylation sites (tertiary alicyclic amines) is 1. The number of nitrogens with zero attached hydrogens (tertiary/aromatic N) is 3. The number of hydrogen-bond acceptors (Lipinski definition) is 7. The first-order valence-corrected chi connectivity index (χ1v) is 15.8. The normalized spacial score (nSPS) is 38.0. The summed E-state index contributed by atoms with van der Waals surface area (Å²) in [5.74, 6) is 0.338. The smallest absolute Gasteiger partial charge is 0.246 e. The number of carbonyl (C=O) groups excluding carboxylic acids is 1. The fourth-order valence-electron chi connectivity index (χ4n) is 8.55. The van der Waals surface area contributed by atoms with Crippen LogP contribution in [0.4, 0.5) is 4.39 Å². The SMILES string of the molecule is C=CC(=O)N1CCN(C2NC(OCC3CCCN3C)NC3CC4(CCc5ccccc5C4F)CCC32)CC1CNC. The molecule has 3 aliphatic heterocycles. The zero-order valence-corrected chi connectivity index (χ0v) is 24.9. The van der Waals surface area contributed by atoms with Gasteiger partial charge >= 0.3 is 0 Å². The van der Waals surface area contributed by atoms with E-state index in [-0.39, 0.29) is 35.9 Å². The van der Waals surface area contributed by atoms with Gasteiger partial charge in [0.2, 0.25) is 5.91 Å². The number of likely N-dealkylation sites (N-methyl/N-ethyl adjacent to an activating group) is 2. The molecule has 1 aromatic carbocycles. The average Bonchev–Trinajstić information content (AvgIpc) is 3.41. The Morgan fingerprint density at radius 3 is 2.83 bits per heavy atom. The van der Waals surface area contributed by atoms with Crippen LogP contribution in [0.5, 0.6) is 0 Å². The molecular weight excluding hydrogens is 519 g/mol. The van der Waals surface area contributed by atoms with E-state index in [2.05, 4.69) is 45.4 Å². The van der Waals surface area contributed by atoms with Crippen LogP contribution in [0.3, 0.4) is 0 Å². The van der Waals surface area contributed by atoms with Crippen LogP contribution in [0.1, 0.15) is 55.8 Å². The third-order valence-electron chi connectivity index (χ3n) is 10.9. The molecule has 226 valence electrons. The fourth-order valence-corrected chi connectivity index (χ4v) is 8.55. The maximum Gasteiger partial charge on any atom is 0.246 e. The molecule has 8 nitrogen and oxygen atoms in total. The predicted octanol–water partition coefficient (Wildman–Crippen LogP) is 2.63. The summed E-state index contributed by atoms with van der Waals surface area (Å²) in [5.41, 5.74) is 1.75. The lowest BCUT2D eigenvalue weighted by Gasteiger charge is -2.56. The number of carbonyl (C=O) groups is 1. The van der Waals surface area contributed by atoms with E-state index in [0.717, 1.165) is 70.3 Å². The Bertz CT molecular complexity index is 1090. The summed E-state index contributed by atoms with van der Waals surface area (Å²) in [7, 11) is 4.12. The van der Waals surface area contributed by atoms with Crippen molar-refractivity contribution in [1.29, 1.82) is 0 Å². The third-order valence-corrected chi connectivity index (χ3v) is 10.9. The number of aryl methyl sites for hydroxylation is 1. The predicted molar refractivity (Wildman–Crippen MR) is 159 cm³/mol. The van der Waals surface area contributed by atoms with Crippen LogP contribution in [0.2, 0.25) is 0 Å². The van der Waals surface area contributed by atoms with Crippen molar-refractivity contribution in [1.82, 2.24) is 30.7 Å². The van der Waals surface area contributed by atoms with Gasteiger partial charge in [0.25, 0.3) is 0 Å². The minimum atomic E-state index is -0.927. The van der Waals surface area contributed by atoms with Crippen LogP contribution in [-0.4, -0.2) is 105 Å². The summed E-state index contributed by atoms with van der Waals surface area (Å²) in [6.45, 7) is 8.51. The summed E-state index contributed by atoms with van der Waals surface area (Å²) in [6, 6.07) is 8.79. The molecule has 9 heteroatoms. The topological polar surface area (TPSA) is 72.1 Å². The van der Waals surface area contributed by atoms with Gasteiger partial charge in [0.1, 0.15) is 6.17 Å². The van der Waals surface area contributed by atoms with Crippen molar-refractivity contribution < 1.29 is 13.9 Å². The first-order valence-electron chi connectivity index (χ1n) is 15.8. The van der Waals surface area contributed by atoms with Gasteiger partial charge in [-0.15, -0.1) is 0 Å². The number of amides is 1. The Morgan fingerprint density at radius 1 is 1.20 bits per heavy atom. The van der Waals surface area contributed by atoms with E-state index in [4.69, 9.17) is 4.74 Å². The summed E-state index contributed by atoms with van der Waals surface area (Å²) in [6.07, 6.45) is 7.25. The van der Waals surface area contributed by atoms with Crippen LogP contribution >= 0.6 is 0 Å². The van der Waals surface area contributed by atoms with Gasteiger partial charge in [0, 0.05) is 49.6 Å². The summed E-state index contributed by atoms with van der Waals surface area (Å²) in [5, 5.41) is 10.9. The second kappa shape index (κ2) is 12.4. The van der Waals surface area contributed by atoms with Crippen LogP contribution in [0.15, 0.2) is 36.9 Å². The van der Waals surface area contributed by atoms with Gasteiger partial charge in [-0.25, -0.2) is 4.39 Å². The molecule has 0 aromatic heterocycles. The van der Waals surface area contributed by atoms with E-state index in [0.29, 0.717) is 25.1 Å². The number of nitrogens with one attached hydrogen (secondary N) is 3. The number of piperazine rings is 1. The first-order chi connectivity index (χ1) is 19.9. The van der Waals surface area contributed by atoms with Gasteiger partial charge in [-0.1, -0.05) is 30.8 Å². The molecule has 8 unspecified atom stereocenters. The second-order valence-corrected chi connectivity index (χ2v) is 13.1. The fraction of sp³-hybridized carbons (Fsp3) is 0.719. The van der Waals surface area contributed by atoms with Gasteiger partial charge in [-0.3, -0.25) is 20.3 Å². The van der Waals surface area contributed by atoms with Crippen molar-refractivity contribution in [2.75, 3.05) is 53.4 Å². The molecule has 8 atom stereocenters. The quantitative estimate of drug-likeness (QED) is 0.437. The highest BCUT2D eigenvalue weighted by molar-refractivity contribution is 5.87. The Morgan fingerprint density at radius 2 is 2.05 bits per heavy atom. The van der Waals surface area contributed by atoms with Crippen LogP contribution in [-0.2, 0) is 16.0 Å². The molecule has 4 fully saturated rings. The van der Waals surface area contributed by atoms with E-state index in [1.54, 1.807) is 0 Å². The molecule has 1 aromatic rings. The molecule has 2 aliphatic carbocycles. The molecule has 41 heavy (non-hydrogen) atoms. The molecule has 1 spiro atoms. The van der Waals surface area contributed by atoms with Crippen molar-refractivity contribution >= 4 is 5.91 Å². The number of fused-ring (bicyclic) bond motifs is 2. The molecule has 3 heterocycles. The van der Waals surface area contributed by atoms with E-state index in [1.165, 1.54) is 18.1 Å². The van der Waals surface area contributed by atoms with E-state index in [9.17, 15) is 4.79 Å². The maximum absolute atomic E-state index is 16.4. The molecule has 5 aliphatic rings. The molecule has 0 bridgehead atoms. The Hall–Kier alpha value is -1.88. The third kappa shape index (κ3) is 5.74. The van der Waals surface area contributed by atoms with E-state index < -0.39 is 6.17 Å². The van der Waals surface area contributed by atoms with Crippen molar-refractivity contribution in [3.05, 3.63) is 48.0 Å². The highest BCUT2D eigenvalue weighted by Gasteiger charge is 2.53. The lowest BCUT2D eigenvalue weighted by molar-refractivity contribution is -0.139. The Labute approximate surface area is 245 Å². The van der Waals surface area contributed by atoms with Gasteiger partial charge in [-0.05, 0) is 82.8 Å². The highest BCUT2D eigenvalue weighted by Crippen LogP contribution is 2.56. The van der Waals surface area contributed by atoms with E-state index in [1.807, 2.05) is 30.1 Å². The Kier molecular flexibility index (Phi) is 8.82. The molecule has 1 saturated carbocycles. The molecule has 3 N–H and O–H groups in total. The van der Waals surface area contributed by atoms with Gasteiger partial charge in [0.05, 0.1) is 18.8 Å². The number of benzene rings is 1. The summed E-state index contributed by atoms with van der Waals surface area (Å²) >= 11 is 0. The monoisotopic (exact) mass is 568 g/mol.